The molecule has 1 atom stereocenters. The van der Waals surface area contributed by atoms with Gasteiger partial charge in [0.05, 0.1) is 6.20 Å². The number of likely N-dealkylation sites (tertiary alicyclic amines) is 1. The number of hydrogen-bond donors (Lipinski definition) is 3. The molecule has 8 nitrogen and oxygen atoms in total. The molecule has 0 radical (unpaired) electrons. The SMILES string of the molecule is CCc1cn[nH]c1C1CCN(C(=O)CCC2NC(=O)NC2=O)CC1. The van der Waals surface area contributed by atoms with Crippen molar-refractivity contribution in [1.82, 2.24) is 25.7 Å². The lowest BCUT2D eigenvalue weighted by atomic mass is 9.90. The second-order valence-electron chi connectivity index (χ2n) is 6.37. The van der Waals surface area contributed by atoms with Gasteiger partial charge in [0.1, 0.15) is 6.04 Å². The first-order valence-electron chi connectivity index (χ1n) is 8.49. The number of carbonyl (C=O) groups excluding carboxylic acids is 3. The van der Waals surface area contributed by atoms with E-state index in [4.69, 9.17) is 0 Å². The number of aryl methyl sites for hydroxylation is 1. The van der Waals surface area contributed by atoms with Crippen LogP contribution >= 0.6 is 0 Å². The maximum Gasteiger partial charge on any atom is 0.322 e. The second kappa shape index (κ2) is 7.02. The summed E-state index contributed by atoms with van der Waals surface area (Å²) in [6.45, 7) is 3.55. The van der Waals surface area contributed by atoms with E-state index >= 15 is 0 Å². The lowest BCUT2D eigenvalue weighted by Gasteiger charge is -2.32. The molecule has 0 spiro atoms. The van der Waals surface area contributed by atoms with Gasteiger partial charge in [-0.1, -0.05) is 6.92 Å². The number of carbonyl (C=O) groups is 3. The average Bonchev–Trinajstić information content (AvgIpc) is 3.18. The van der Waals surface area contributed by atoms with E-state index in [9.17, 15) is 14.4 Å². The van der Waals surface area contributed by atoms with Gasteiger partial charge in [-0.15, -0.1) is 0 Å². The smallest absolute Gasteiger partial charge is 0.322 e. The highest BCUT2D eigenvalue weighted by Gasteiger charge is 2.31. The molecule has 8 heteroatoms. The molecule has 1 aromatic heterocycles. The molecule has 0 bridgehead atoms. The van der Waals surface area contributed by atoms with E-state index in [1.165, 1.54) is 11.3 Å². The van der Waals surface area contributed by atoms with Crippen molar-refractivity contribution in [2.75, 3.05) is 13.1 Å². The lowest BCUT2D eigenvalue weighted by molar-refractivity contribution is -0.132. The zero-order valence-electron chi connectivity index (χ0n) is 13.8. The van der Waals surface area contributed by atoms with Crippen molar-refractivity contribution >= 4 is 17.8 Å². The van der Waals surface area contributed by atoms with Crippen molar-refractivity contribution < 1.29 is 14.4 Å². The molecule has 1 aromatic rings. The molecule has 0 aromatic carbocycles. The predicted molar refractivity (Wildman–Crippen MR) is 86.2 cm³/mol. The summed E-state index contributed by atoms with van der Waals surface area (Å²) in [5.41, 5.74) is 2.46. The number of aromatic nitrogens is 2. The van der Waals surface area contributed by atoms with Crippen LogP contribution in [0.3, 0.4) is 0 Å². The Morgan fingerprint density at radius 1 is 1.33 bits per heavy atom. The van der Waals surface area contributed by atoms with E-state index in [1.807, 2.05) is 11.1 Å². The Balaban J connectivity index is 1.47. The summed E-state index contributed by atoms with van der Waals surface area (Å²) in [7, 11) is 0. The summed E-state index contributed by atoms with van der Waals surface area (Å²) in [4.78, 5) is 36.7. The van der Waals surface area contributed by atoms with Crippen LogP contribution in [0.4, 0.5) is 4.79 Å². The third-order valence-electron chi connectivity index (χ3n) is 4.89. The van der Waals surface area contributed by atoms with Crippen LogP contribution in [0.5, 0.6) is 0 Å². The maximum atomic E-state index is 12.3. The highest BCUT2D eigenvalue weighted by molar-refractivity contribution is 6.04. The summed E-state index contributed by atoms with van der Waals surface area (Å²) in [5, 5.41) is 11.9. The molecular formula is C16H23N5O3. The molecule has 2 fully saturated rings. The van der Waals surface area contributed by atoms with Crippen LogP contribution < -0.4 is 10.6 Å². The highest BCUT2D eigenvalue weighted by atomic mass is 16.2. The molecule has 3 heterocycles. The zero-order chi connectivity index (χ0) is 17.1. The number of urea groups is 1. The van der Waals surface area contributed by atoms with Crippen molar-refractivity contribution in [3.63, 3.8) is 0 Å². The van der Waals surface area contributed by atoms with Crippen molar-refractivity contribution in [3.05, 3.63) is 17.5 Å². The topological polar surface area (TPSA) is 107 Å². The first-order chi connectivity index (χ1) is 11.6. The largest absolute Gasteiger partial charge is 0.343 e. The third-order valence-corrected chi connectivity index (χ3v) is 4.89. The Hall–Kier alpha value is -2.38. The number of imide groups is 1. The van der Waals surface area contributed by atoms with Gasteiger partial charge >= 0.3 is 6.03 Å². The fourth-order valence-corrected chi connectivity index (χ4v) is 3.46. The molecule has 2 aliphatic heterocycles. The molecule has 24 heavy (non-hydrogen) atoms. The fourth-order valence-electron chi connectivity index (χ4n) is 3.46. The monoisotopic (exact) mass is 333 g/mol. The standard InChI is InChI=1S/C16H23N5O3/c1-2-10-9-17-20-14(10)11-5-7-21(8-6-11)13(22)4-3-12-15(23)19-16(24)18-12/h9,11-12H,2-8H2,1H3,(H,17,20)(H2,18,19,23,24). The molecular weight excluding hydrogens is 310 g/mol. The van der Waals surface area contributed by atoms with Crippen LogP contribution in [0.25, 0.3) is 0 Å². The summed E-state index contributed by atoms with van der Waals surface area (Å²) >= 11 is 0. The Morgan fingerprint density at radius 2 is 2.08 bits per heavy atom. The molecule has 1 unspecified atom stereocenters. The Kier molecular flexibility index (Phi) is 4.82. The Labute approximate surface area is 140 Å². The van der Waals surface area contributed by atoms with Gasteiger partial charge in [0.25, 0.3) is 5.91 Å². The van der Waals surface area contributed by atoms with Crippen molar-refractivity contribution in [2.45, 2.75) is 51.0 Å². The first-order valence-corrected chi connectivity index (χ1v) is 8.49. The normalized spacial score (nSPS) is 21.7. The molecule has 2 aliphatic rings. The molecule has 130 valence electrons. The number of aromatic amines is 1. The summed E-state index contributed by atoms with van der Waals surface area (Å²) < 4.78 is 0. The van der Waals surface area contributed by atoms with Gasteiger partial charge in [0.2, 0.25) is 5.91 Å². The second-order valence-corrected chi connectivity index (χ2v) is 6.37. The maximum absolute atomic E-state index is 12.3. The number of nitrogens with one attached hydrogen (secondary N) is 3. The van der Waals surface area contributed by atoms with E-state index in [2.05, 4.69) is 27.8 Å². The molecule has 3 rings (SSSR count). The number of amides is 4. The van der Waals surface area contributed by atoms with Crippen molar-refractivity contribution in [3.8, 4) is 0 Å². The average molecular weight is 333 g/mol. The number of rotatable bonds is 5. The fraction of sp³-hybridized carbons (Fsp3) is 0.625. The van der Waals surface area contributed by atoms with Crippen LogP contribution in [0, 0.1) is 0 Å². The number of nitrogens with zero attached hydrogens (tertiary/aromatic N) is 2. The number of hydrogen-bond acceptors (Lipinski definition) is 4. The first kappa shape index (κ1) is 16.5. The van der Waals surface area contributed by atoms with Crippen LogP contribution in [-0.4, -0.2) is 52.1 Å². The minimum atomic E-state index is -0.587. The van der Waals surface area contributed by atoms with E-state index in [0.717, 1.165) is 32.4 Å². The van der Waals surface area contributed by atoms with Crippen LogP contribution in [-0.2, 0) is 16.0 Å². The van der Waals surface area contributed by atoms with Gasteiger partial charge in [-0.2, -0.15) is 5.10 Å². The van der Waals surface area contributed by atoms with Crippen molar-refractivity contribution in [2.24, 2.45) is 0 Å². The van der Waals surface area contributed by atoms with E-state index in [0.29, 0.717) is 12.3 Å². The molecule has 4 amide bonds. The molecule has 0 aliphatic carbocycles. The third kappa shape index (κ3) is 3.42. The van der Waals surface area contributed by atoms with Crippen molar-refractivity contribution in [1.29, 1.82) is 0 Å². The predicted octanol–water partition coefficient (Wildman–Crippen LogP) is 0.666. The molecule has 2 saturated heterocycles. The van der Waals surface area contributed by atoms with Gasteiger partial charge in [-0.3, -0.25) is 20.0 Å². The van der Waals surface area contributed by atoms with Crippen LogP contribution in [0.1, 0.15) is 49.8 Å². The zero-order valence-corrected chi connectivity index (χ0v) is 13.8. The number of H-pyrrole nitrogens is 1. The quantitative estimate of drug-likeness (QED) is 0.688. The highest BCUT2D eigenvalue weighted by Crippen LogP contribution is 2.29. The van der Waals surface area contributed by atoms with Crippen LogP contribution in [0.2, 0.25) is 0 Å². The van der Waals surface area contributed by atoms with Gasteiger partial charge in [-0.25, -0.2) is 4.79 Å². The van der Waals surface area contributed by atoms with E-state index < -0.39 is 12.1 Å². The summed E-state index contributed by atoms with van der Waals surface area (Å²) in [6, 6.07) is -1.07. The van der Waals surface area contributed by atoms with Gasteiger partial charge in [0, 0.05) is 31.1 Å². The molecule has 3 N–H and O–H groups in total. The van der Waals surface area contributed by atoms with E-state index in [1.54, 1.807) is 0 Å². The summed E-state index contributed by atoms with van der Waals surface area (Å²) in [5.74, 6) is 0.118. The Bertz CT molecular complexity index is 633. The number of piperidine rings is 1. The minimum Gasteiger partial charge on any atom is -0.343 e. The van der Waals surface area contributed by atoms with Gasteiger partial charge < -0.3 is 10.2 Å². The van der Waals surface area contributed by atoms with Gasteiger partial charge in [-0.05, 0) is 31.2 Å². The lowest BCUT2D eigenvalue weighted by Crippen LogP contribution is -2.39. The van der Waals surface area contributed by atoms with E-state index in [-0.39, 0.29) is 18.2 Å². The molecule has 0 saturated carbocycles. The minimum absolute atomic E-state index is 0.0442. The van der Waals surface area contributed by atoms with Gasteiger partial charge in [0.15, 0.2) is 0 Å². The van der Waals surface area contributed by atoms with Crippen LogP contribution in [0.15, 0.2) is 6.20 Å². The summed E-state index contributed by atoms with van der Waals surface area (Å²) in [6.07, 6.45) is 5.29. The Morgan fingerprint density at radius 3 is 2.71 bits per heavy atom.